The van der Waals surface area contributed by atoms with E-state index in [9.17, 15) is 4.79 Å². The van der Waals surface area contributed by atoms with Crippen LogP contribution in [0.5, 0.6) is 0 Å². The van der Waals surface area contributed by atoms with Gasteiger partial charge in [0, 0.05) is 18.6 Å². The monoisotopic (exact) mass is 302 g/mol. The van der Waals surface area contributed by atoms with Crippen LogP contribution >= 0.6 is 24.0 Å². The molecule has 1 saturated heterocycles. The molecule has 1 aromatic rings. The summed E-state index contributed by atoms with van der Waals surface area (Å²) in [6.45, 7) is 1.55. The normalized spacial score (nSPS) is 18.5. The number of halogens is 2. The Balaban J connectivity index is 0.00000180. The number of nitrogens with zero attached hydrogens (tertiary/aromatic N) is 1. The number of hydrogen-bond donors (Lipinski definition) is 1. The van der Waals surface area contributed by atoms with E-state index in [1.54, 1.807) is 4.90 Å². The number of likely N-dealkylation sites (N-methyl/N-ethyl adjacent to an activating group) is 1. The minimum atomic E-state index is -0.0112. The molecule has 106 valence electrons. The SMILES string of the molecule is CN(Cc1cccc(Cl)c1)C(=O)C1CCCCN1.Cl. The highest BCUT2D eigenvalue weighted by molar-refractivity contribution is 6.30. The highest BCUT2D eigenvalue weighted by atomic mass is 35.5. The summed E-state index contributed by atoms with van der Waals surface area (Å²) in [7, 11) is 1.85. The molecule has 1 atom stereocenters. The lowest BCUT2D eigenvalue weighted by atomic mass is 10.0. The summed E-state index contributed by atoms with van der Waals surface area (Å²) in [4.78, 5) is 14.0. The Kier molecular flexibility index (Phi) is 6.63. The summed E-state index contributed by atoms with van der Waals surface area (Å²) in [5, 5.41) is 3.99. The first-order valence-electron chi connectivity index (χ1n) is 6.39. The van der Waals surface area contributed by atoms with Gasteiger partial charge in [-0.3, -0.25) is 4.79 Å². The number of hydrogen-bond acceptors (Lipinski definition) is 2. The van der Waals surface area contributed by atoms with Gasteiger partial charge < -0.3 is 10.2 Å². The Morgan fingerprint density at radius 2 is 2.26 bits per heavy atom. The second-order valence-corrected chi connectivity index (χ2v) is 5.26. The molecule has 1 aliphatic rings. The van der Waals surface area contributed by atoms with Crippen molar-refractivity contribution in [2.24, 2.45) is 0 Å². The third-order valence-electron chi connectivity index (χ3n) is 3.29. The van der Waals surface area contributed by atoms with Crippen molar-refractivity contribution >= 4 is 29.9 Å². The van der Waals surface area contributed by atoms with Crippen LogP contribution in [0.3, 0.4) is 0 Å². The van der Waals surface area contributed by atoms with Crippen molar-refractivity contribution in [1.82, 2.24) is 10.2 Å². The van der Waals surface area contributed by atoms with Gasteiger partial charge in [0.05, 0.1) is 6.04 Å². The lowest BCUT2D eigenvalue weighted by molar-refractivity contribution is -0.133. The van der Waals surface area contributed by atoms with Crippen LogP contribution in [0.15, 0.2) is 24.3 Å². The molecule has 0 aliphatic carbocycles. The van der Waals surface area contributed by atoms with Crippen molar-refractivity contribution in [3.63, 3.8) is 0 Å². The van der Waals surface area contributed by atoms with Crippen molar-refractivity contribution in [2.75, 3.05) is 13.6 Å². The topological polar surface area (TPSA) is 32.3 Å². The number of amides is 1. The fraction of sp³-hybridized carbons (Fsp3) is 0.500. The van der Waals surface area contributed by atoms with Crippen molar-refractivity contribution in [1.29, 1.82) is 0 Å². The van der Waals surface area contributed by atoms with Crippen molar-refractivity contribution < 1.29 is 4.79 Å². The molecular formula is C14H20Cl2N2O. The van der Waals surface area contributed by atoms with Gasteiger partial charge in [-0.05, 0) is 37.1 Å². The van der Waals surface area contributed by atoms with E-state index < -0.39 is 0 Å². The van der Waals surface area contributed by atoms with Crippen molar-refractivity contribution in [2.45, 2.75) is 31.8 Å². The Bertz CT molecular complexity index is 420. The van der Waals surface area contributed by atoms with Crippen LogP contribution in [0.25, 0.3) is 0 Å². The molecule has 1 N–H and O–H groups in total. The minimum Gasteiger partial charge on any atom is -0.340 e. The van der Waals surface area contributed by atoms with E-state index in [1.165, 1.54) is 6.42 Å². The van der Waals surface area contributed by atoms with Gasteiger partial charge in [-0.15, -0.1) is 12.4 Å². The van der Waals surface area contributed by atoms with Crippen LogP contribution in [0.2, 0.25) is 5.02 Å². The number of piperidine rings is 1. The molecule has 1 fully saturated rings. The van der Waals surface area contributed by atoms with Crippen LogP contribution in [0, 0.1) is 0 Å². The first kappa shape index (κ1) is 16.3. The molecule has 3 nitrogen and oxygen atoms in total. The summed E-state index contributed by atoms with van der Waals surface area (Å²) in [5.74, 6) is 0.176. The Labute approximate surface area is 125 Å². The van der Waals surface area contributed by atoms with E-state index in [0.717, 1.165) is 24.9 Å². The number of carbonyl (C=O) groups excluding carboxylic acids is 1. The largest absolute Gasteiger partial charge is 0.340 e. The van der Waals surface area contributed by atoms with Crippen molar-refractivity contribution in [3.8, 4) is 0 Å². The van der Waals surface area contributed by atoms with E-state index in [-0.39, 0.29) is 24.4 Å². The summed E-state index contributed by atoms with van der Waals surface area (Å²) >= 11 is 5.94. The molecule has 0 spiro atoms. The lowest BCUT2D eigenvalue weighted by Gasteiger charge is -2.27. The molecule has 1 aliphatic heterocycles. The third kappa shape index (κ3) is 4.68. The number of carbonyl (C=O) groups is 1. The molecule has 5 heteroatoms. The van der Waals surface area contributed by atoms with Gasteiger partial charge in [-0.1, -0.05) is 30.2 Å². The minimum absolute atomic E-state index is 0. The van der Waals surface area contributed by atoms with Gasteiger partial charge in [0.25, 0.3) is 0 Å². The van der Waals surface area contributed by atoms with Gasteiger partial charge in [-0.25, -0.2) is 0 Å². The number of nitrogens with one attached hydrogen (secondary N) is 1. The zero-order valence-electron chi connectivity index (χ0n) is 11.1. The molecule has 2 rings (SSSR count). The lowest BCUT2D eigenvalue weighted by Crippen LogP contribution is -2.46. The zero-order chi connectivity index (χ0) is 13.0. The van der Waals surface area contributed by atoms with Crippen molar-refractivity contribution in [3.05, 3.63) is 34.9 Å². The Hall–Kier alpha value is -0.770. The van der Waals surface area contributed by atoms with Crippen LogP contribution in [0.4, 0.5) is 0 Å². The van der Waals surface area contributed by atoms with E-state index in [2.05, 4.69) is 5.32 Å². The molecule has 19 heavy (non-hydrogen) atoms. The van der Waals surface area contributed by atoms with Crippen LogP contribution < -0.4 is 5.32 Å². The maximum atomic E-state index is 12.2. The summed E-state index contributed by atoms with van der Waals surface area (Å²) < 4.78 is 0. The predicted molar refractivity (Wildman–Crippen MR) is 80.8 cm³/mol. The van der Waals surface area contributed by atoms with Gasteiger partial charge in [0.1, 0.15) is 0 Å². The van der Waals surface area contributed by atoms with E-state index in [0.29, 0.717) is 11.6 Å². The van der Waals surface area contributed by atoms with E-state index in [1.807, 2.05) is 31.3 Å². The molecule has 0 radical (unpaired) electrons. The first-order valence-corrected chi connectivity index (χ1v) is 6.77. The van der Waals surface area contributed by atoms with Crippen LogP contribution in [-0.4, -0.2) is 30.4 Å². The first-order chi connectivity index (χ1) is 8.66. The summed E-state index contributed by atoms with van der Waals surface area (Å²) in [5.41, 5.74) is 1.06. The highest BCUT2D eigenvalue weighted by Gasteiger charge is 2.23. The quantitative estimate of drug-likeness (QED) is 0.931. The molecular weight excluding hydrogens is 283 g/mol. The predicted octanol–water partition coefficient (Wildman–Crippen LogP) is 2.86. The zero-order valence-corrected chi connectivity index (χ0v) is 12.6. The average molecular weight is 303 g/mol. The van der Waals surface area contributed by atoms with Crippen LogP contribution in [0.1, 0.15) is 24.8 Å². The third-order valence-corrected chi connectivity index (χ3v) is 3.53. The maximum Gasteiger partial charge on any atom is 0.239 e. The molecule has 1 unspecified atom stereocenters. The Morgan fingerprint density at radius 3 is 2.89 bits per heavy atom. The Morgan fingerprint density at radius 1 is 1.47 bits per heavy atom. The molecule has 0 saturated carbocycles. The maximum absolute atomic E-state index is 12.2. The number of rotatable bonds is 3. The molecule has 1 amide bonds. The average Bonchev–Trinajstić information content (AvgIpc) is 2.39. The highest BCUT2D eigenvalue weighted by Crippen LogP contribution is 2.14. The van der Waals surface area contributed by atoms with Crippen LogP contribution in [-0.2, 0) is 11.3 Å². The fourth-order valence-corrected chi connectivity index (χ4v) is 2.53. The molecule has 0 bridgehead atoms. The van der Waals surface area contributed by atoms with Gasteiger partial charge >= 0.3 is 0 Å². The fourth-order valence-electron chi connectivity index (χ4n) is 2.32. The standard InChI is InChI=1S/C14H19ClN2O.ClH/c1-17(10-11-5-4-6-12(15)9-11)14(18)13-7-2-3-8-16-13;/h4-6,9,13,16H,2-3,7-8,10H2,1H3;1H. The molecule has 0 aromatic heterocycles. The second kappa shape index (κ2) is 7.73. The second-order valence-electron chi connectivity index (χ2n) is 4.83. The van der Waals surface area contributed by atoms with E-state index >= 15 is 0 Å². The van der Waals surface area contributed by atoms with Gasteiger partial charge in [-0.2, -0.15) is 0 Å². The van der Waals surface area contributed by atoms with Gasteiger partial charge in [0.15, 0.2) is 0 Å². The number of benzene rings is 1. The summed E-state index contributed by atoms with van der Waals surface area (Å²) in [6.07, 6.45) is 3.24. The van der Waals surface area contributed by atoms with E-state index in [4.69, 9.17) is 11.6 Å². The smallest absolute Gasteiger partial charge is 0.239 e. The summed E-state index contributed by atoms with van der Waals surface area (Å²) in [6, 6.07) is 7.64. The molecule has 1 heterocycles. The van der Waals surface area contributed by atoms with Gasteiger partial charge in [0.2, 0.25) is 5.91 Å². The molecule has 1 aromatic carbocycles.